The molecule has 94 valence electrons. The lowest BCUT2D eigenvalue weighted by Crippen LogP contribution is -2.40. The molecule has 1 aliphatic rings. The number of benzene rings is 1. The van der Waals surface area contributed by atoms with Gasteiger partial charge in [0.05, 0.1) is 0 Å². The molecule has 0 spiro atoms. The average molecular weight is 235 g/mol. The highest BCUT2D eigenvalue weighted by atomic mass is 19.1. The Hall–Kier alpha value is -0.890. The lowest BCUT2D eigenvalue weighted by molar-refractivity contribution is 0.281. The normalized spacial score (nSPS) is 19.2. The van der Waals surface area contributed by atoms with Crippen LogP contribution in [-0.4, -0.2) is 13.1 Å². The zero-order chi connectivity index (χ0) is 12.1. The smallest absolute Gasteiger partial charge is 0.123 e. The van der Waals surface area contributed by atoms with Gasteiger partial charge in [0.2, 0.25) is 0 Å². The van der Waals surface area contributed by atoms with E-state index in [1.807, 2.05) is 6.07 Å². The number of nitrogens with one attached hydrogen (secondary N) is 1. The van der Waals surface area contributed by atoms with Gasteiger partial charge in [-0.1, -0.05) is 38.3 Å². The van der Waals surface area contributed by atoms with Crippen LogP contribution in [-0.2, 0) is 5.41 Å². The van der Waals surface area contributed by atoms with Crippen molar-refractivity contribution in [3.8, 4) is 0 Å². The van der Waals surface area contributed by atoms with Crippen LogP contribution in [0.3, 0.4) is 0 Å². The van der Waals surface area contributed by atoms with Crippen LogP contribution in [0.4, 0.5) is 4.39 Å². The van der Waals surface area contributed by atoms with Crippen molar-refractivity contribution >= 4 is 0 Å². The molecular formula is C15H22FN. The molecule has 0 unspecified atom stereocenters. The van der Waals surface area contributed by atoms with Gasteiger partial charge in [0, 0.05) is 12.0 Å². The van der Waals surface area contributed by atoms with Crippen molar-refractivity contribution in [1.82, 2.24) is 5.32 Å². The summed E-state index contributed by atoms with van der Waals surface area (Å²) in [6, 6.07) is 7.19. The van der Waals surface area contributed by atoms with Crippen molar-refractivity contribution in [2.24, 2.45) is 0 Å². The summed E-state index contributed by atoms with van der Waals surface area (Å²) >= 11 is 0. The van der Waals surface area contributed by atoms with Crippen LogP contribution in [0.25, 0.3) is 0 Å². The van der Waals surface area contributed by atoms with Gasteiger partial charge in [0.15, 0.2) is 0 Å². The van der Waals surface area contributed by atoms with E-state index in [1.54, 1.807) is 6.07 Å². The Balaban J connectivity index is 2.25. The maximum atomic E-state index is 13.4. The van der Waals surface area contributed by atoms with Gasteiger partial charge >= 0.3 is 0 Å². The first-order chi connectivity index (χ1) is 8.27. The van der Waals surface area contributed by atoms with Crippen LogP contribution in [0.5, 0.6) is 0 Å². The summed E-state index contributed by atoms with van der Waals surface area (Å²) in [4.78, 5) is 0. The average Bonchev–Trinajstić information content (AvgIpc) is 2.37. The van der Waals surface area contributed by atoms with Gasteiger partial charge in [0.1, 0.15) is 5.82 Å². The quantitative estimate of drug-likeness (QED) is 0.840. The van der Waals surface area contributed by atoms with Gasteiger partial charge < -0.3 is 5.32 Å². The largest absolute Gasteiger partial charge is 0.316 e. The highest BCUT2D eigenvalue weighted by Gasteiger charge is 2.33. The summed E-state index contributed by atoms with van der Waals surface area (Å²) < 4.78 is 13.4. The minimum Gasteiger partial charge on any atom is -0.316 e. The zero-order valence-corrected chi connectivity index (χ0v) is 10.6. The molecule has 0 radical (unpaired) electrons. The fourth-order valence-corrected chi connectivity index (χ4v) is 2.98. The molecule has 1 saturated carbocycles. The van der Waals surface area contributed by atoms with Gasteiger partial charge in [-0.05, 0) is 37.1 Å². The Labute approximate surface area is 103 Å². The van der Waals surface area contributed by atoms with Gasteiger partial charge in [-0.25, -0.2) is 4.39 Å². The second-order valence-electron chi connectivity index (χ2n) is 5.13. The third-order valence-electron chi connectivity index (χ3n) is 3.96. The number of hydrogen-bond donors (Lipinski definition) is 1. The van der Waals surface area contributed by atoms with Crippen molar-refractivity contribution in [2.45, 2.75) is 44.4 Å². The van der Waals surface area contributed by atoms with Crippen molar-refractivity contribution in [3.63, 3.8) is 0 Å². The van der Waals surface area contributed by atoms with E-state index in [0.29, 0.717) is 0 Å². The molecule has 2 heteroatoms. The molecule has 1 N–H and O–H groups in total. The SMILES string of the molecule is CCNCC1(c2cccc(F)c2)CCCCC1. The molecule has 0 aliphatic heterocycles. The molecule has 0 atom stereocenters. The molecule has 1 fully saturated rings. The van der Waals surface area contributed by atoms with Crippen molar-refractivity contribution < 1.29 is 4.39 Å². The van der Waals surface area contributed by atoms with Crippen molar-refractivity contribution in [1.29, 1.82) is 0 Å². The molecule has 17 heavy (non-hydrogen) atoms. The second kappa shape index (κ2) is 5.63. The monoisotopic (exact) mass is 235 g/mol. The Morgan fingerprint density at radius 1 is 1.24 bits per heavy atom. The first kappa shape index (κ1) is 12.6. The summed E-state index contributed by atoms with van der Waals surface area (Å²) in [5, 5.41) is 3.45. The Morgan fingerprint density at radius 3 is 2.65 bits per heavy atom. The predicted molar refractivity (Wildman–Crippen MR) is 69.7 cm³/mol. The Kier molecular flexibility index (Phi) is 4.16. The number of halogens is 1. The fraction of sp³-hybridized carbons (Fsp3) is 0.600. The standard InChI is InChI=1S/C15H22FN/c1-2-17-12-15(9-4-3-5-10-15)13-7-6-8-14(16)11-13/h6-8,11,17H,2-5,9-10,12H2,1H3. The first-order valence-corrected chi connectivity index (χ1v) is 6.74. The summed E-state index contributed by atoms with van der Waals surface area (Å²) in [5.41, 5.74) is 1.34. The molecule has 1 aliphatic carbocycles. The topological polar surface area (TPSA) is 12.0 Å². The highest BCUT2D eigenvalue weighted by Crippen LogP contribution is 2.39. The van der Waals surface area contributed by atoms with Gasteiger partial charge in [-0.15, -0.1) is 0 Å². The second-order valence-corrected chi connectivity index (χ2v) is 5.13. The van der Waals surface area contributed by atoms with Crippen molar-refractivity contribution in [3.05, 3.63) is 35.6 Å². The molecule has 0 heterocycles. The van der Waals surface area contributed by atoms with Crippen LogP contribution in [0.1, 0.15) is 44.6 Å². The maximum absolute atomic E-state index is 13.4. The molecule has 1 aromatic carbocycles. The molecule has 0 saturated heterocycles. The third kappa shape index (κ3) is 2.86. The third-order valence-corrected chi connectivity index (χ3v) is 3.96. The van der Waals surface area contributed by atoms with Crippen LogP contribution >= 0.6 is 0 Å². The predicted octanol–water partition coefficient (Wildman–Crippen LogP) is 3.64. The van der Waals surface area contributed by atoms with E-state index >= 15 is 0 Å². The van der Waals surface area contributed by atoms with Crippen LogP contribution in [0.15, 0.2) is 24.3 Å². The fourth-order valence-electron chi connectivity index (χ4n) is 2.98. The van der Waals surface area contributed by atoms with Gasteiger partial charge in [0.25, 0.3) is 0 Å². The summed E-state index contributed by atoms with van der Waals surface area (Å²) in [6.07, 6.45) is 6.22. The first-order valence-electron chi connectivity index (χ1n) is 6.74. The molecule has 1 nitrogen and oxygen atoms in total. The minimum atomic E-state index is -0.107. The molecule has 0 bridgehead atoms. The van der Waals surface area contributed by atoms with Gasteiger partial charge in [-0.2, -0.15) is 0 Å². The van der Waals surface area contributed by atoms with Crippen LogP contribution in [0.2, 0.25) is 0 Å². The van der Waals surface area contributed by atoms with E-state index < -0.39 is 0 Å². The van der Waals surface area contributed by atoms with Crippen LogP contribution < -0.4 is 5.32 Å². The van der Waals surface area contributed by atoms with Gasteiger partial charge in [-0.3, -0.25) is 0 Å². The molecule has 0 aromatic heterocycles. The number of hydrogen-bond acceptors (Lipinski definition) is 1. The number of rotatable bonds is 4. The molecule has 1 aromatic rings. The van der Waals surface area contributed by atoms with E-state index in [9.17, 15) is 4.39 Å². The molecule has 0 amide bonds. The zero-order valence-electron chi connectivity index (χ0n) is 10.6. The Morgan fingerprint density at radius 2 is 2.00 bits per heavy atom. The lowest BCUT2D eigenvalue weighted by atomic mass is 9.69. The van der Waals surface area contributed by atoms with E-state index in [0.717, 1.165) is 13.1 Å². The van der Waals surface area contributed by atoms with E-state index in [1.165, 1.54) is 43.7 Å². The lowest BCUT2D eigenvalue weighted by Gasteiger charge is -2.38. The highest BCUT2D eigenvalue weighted by molar-refractivity contribution is 5.27. The van der Waals surface area contributed by atoms with E-state index in [4.69, 9.17) is 0 Å². The molecular weight excluding hydrogens is 213 g/mol. The molecule has 2 rings (SSSR count). The van der Waals surface area contributed by atoms with Crippen LogP contribution in [0, 0.1) is 5.82 Å². The van der Waals surface area contributed by atoms with E-state index in [-0.39, 0.29) is 11.2 Å². The Bertz CT molecular complexity index is 356. The summed E-state index contributed by atoms with van der Waals surface area (Å²) in [6.45, 7) is 4.09. The summed E-state index contributed by atoms with van der Waals surface area (Å²) in [7, 11) is 0. The minimum absolute atomic E-state index is 0.107. The maximum Gasteiger partial charge on any atom is 0.123 e. The van der Waals surface area contributed by atoms with Crippen molar-refractivity contribution in [2.75, 3.05) is 13.1 Å². The van der Waals surface area contributed by atoms with E-state index in [2.05, 4.69) is 18.3 Å². The number of likely N-dealkylation sites (N-methyl/N-ethyl adjacent to an activating group) is 1. The summed E-state index contributed by atoms with van der Waals surface area (Å²) in [5.74, 6) is -0.107.